The van der Waals surface area contributed by atoms with Gasteiger partial charge >= 0.3 is 0 Å². The number of carbonyl (C=O) groups excluding carboxylic acids is 1. The second kappa shape index (κ2) is 8.65. The van der Waals surface area contributed by atoms with Crippen molar-refractivity contribution in [1.29, 1.82) is 0 Å². The SMILES string of the molecule is Cc1cccc(C)c1N(C(=O)c1cc2c(C)nn(-c3ccc(F)cc3)c2s1)c1nc2ccccc2s1. The molecule has 0 radical (unpaired) electrons. The van der Waals surface area contributed by atoms with Gasteiger partial charge in [-0.3, -0.25) is 9.69 Å². The van der Waals surface area contributed by atoms with Crippen molar-refractivity contribution in [2.75, 3.05) is 4.90 Å². The molecule has 0 atom stereocenters. The molecule has 0 aliphatic rings. The van der Waals surface area contributed by atoms with Gasteiger partial charge in [0.25, 0.3) is 5.91 Å². The molecular weight excluding hydrogens is 491 g/mol. The number of aryl methyl sites for hydroxylation is 3. The molecule has 0 spiro atoms. The summed E-state index contributed by atoms with van der Waals surface area (Å²) in [5.41, 5.74) is 5.25. The lowest BCUT2D eigenvalue weighted by Crippen LogP contribution is -2.26. The highest BCUT2D eigenvalue weighted by molar-refractivity contribution is 7.23. The number of anilines is 2. The van der Waals surface area contributed by atoms with Crippen molar-refractivity contribution in [1.82, 2.24) is 14.8 Å². The number of thiophene rings is 1. The average Bonchev–Trinajstić information content (AvgIpc) is 3.56. The molecule has 8 heteroatoms. The number of hydrogen-bond donors (Lipinski definition) is 0. The van der Waals surface area contributed by atoms with Crippen LogP contribution in [0.2, 0.25) is 0 Å². The van der Waals surface area contributed by atoms with E-state index in [9.17, 15) is 9.18 Å². The summed E-state index contributed by atoms with van der Waals surface area (Å²) in [6.45, 7) is 5.94. The molecule has 0 saturated heterocycles. The molecule has 5 nitrogen and oxygen atoms in total. The fourth-order valence-electron chi connectivity index (χ4n) is 4.42. The maximum absolute atomic E-state index is 14.2. The van der Waals surface area contributed by atoms with Crippen molar-refractivity contribution in [2.24, 2.45) is 0 Å². The number of fused-ring (bicyclic) bond motifs is 2. The first kappa shape index (κ1) is 22.6. The number of para-hydroxylation sites is 2. The minimum atomic E-state index is -0.305. The third kappa shape index (κ3) is 3.70. The molecule has 3 heterocycles. The smallest absolute Gasteiger partial charge is 0.267 e. The lowest BCUT2D eigenvalue weighted by molar-refractivity contribution is 0.100. The standard InChI is InChI=1S/C28H21FN4OS2/c1-16-7-6-8-17(2)25(16)32(28-30-22-9-4-5-10-23(22)36-28)26(34)24-15-21-18(3)31-33(27(21)35-24)20-13-11-19(29)12-14-20/h4-15H,1-3H3. The van der Waals surface area contributed by atoms with Crippen LogP contribution in [0.4, 0.5) is 15.2 Å². The molecule has 0 saturated carbocycles. The summed E-state index contributed by atoms with van der Waals surface area (Å²) in [5, 5.41) is 6.17. The summed E-state index contributed by atoms with van der Waals surface area (Å²) in [6.07, 6.45) is 0. The van der Waals surface area contributed by atoms with Gasteiger partial charge in [-0.2, -0.15) is 5.10 Å². The largest absolute Gasteiger partial charge is 0.274 e. The molecule has 36 heavy (non-hydrogen) atoms. The first-order valence-electron chi connectivity index (χ1n) is 11.4. The summed E-state index contributed by atoms with van der Waals surface area (Å²) in [6, 6.07) is 22.0. The highest BCUT2D eigenvalue weighted by Gasteiger charge is 2.28. The quantitative estimate of drug-likeness (QED) is 0.243. The van der Waals surface area contributed by atoms with Crippen LogP contribution in [0.25, 0.3) is 26.1 Å². The summed E-state index contributed by atoms with van der Waals surface area (Å²) >= 11 is 2.88. The third-order valence-electron chi connectivity index (χ3n) is 6.17. The number of nitrogens with zero attached hydrogens (tertiary/aromatic N) is 4. The molecule has 3 aromatic carbocycles. The Morgan fingerprint density at radius 2 is 1.64 bits per heavy atom. The van der Waals surface area contributed by atoms with Crippen LogP contribution in [0, 0.1) is 26.6 Å². The third-order valence-corrected chi connectivity index (χ3v) is 8.29. The van der Waals surface area contributed by atoms with Gasteiger partial charge in [0, 0.05) is 5.39 Å². The number of carbonyl (C=O) groups is 1. The predicted octanol–water partition coefficient (Wildman–Crippen LogP) is 7.74. The van der Waals surface area contributed by atoms with Crippen LogP contribution in [-0.2, 0) is 0 Å². The molecule has 178 valence electrons. The number of aromatic nitrogens is 3. The molecule has 0 aliphatic carbocycles. The lowest BCUT2D eigenvalue weighted by atomic mass is 10.1. The number of halogens is 1. The van der Waals surface area contributed by atoms with Gasteiger partial charge < -0.3 is 0 Å². The maximum Gasteiger partial charge on any atom is 0.274 e. The summed E-state index contributed by atoms with van der Waals surface area (Å²) in [4.78, 5) is 22.2. The Morgan fingerprint density at radius 1 is 0.917 bits per heavy atom. The van der Waals surface area contributed by atoms with Crippen LogP contribution >= 0.6 is 22.7 Å². The van der Waals surface area contributed by atoms with Crippen LogP contribution in [0.3, 0.4) is 0 Å². The molecule has 0 fully saturated rings. The summed E-state index contributed by atoms with van der Waals surface area (Å²) in [5.74, 6) is -0.446. The Morgan fingerprint density at radius 3 is 2.36 bits per heavy atom. The number of amides is 1. The van der Waals surface area contributed by atoms with Gasteiger partial charge in [-0.1, -0.05) is 41.7 Å². The van der Waals surface area contributed by atoms with Crippen molar-refractivity contribution < 1.29 is 9.18 Å². The van der Waals surface area contributed by atoms with Crippen LogP contribution < -0.4 is 4.90 Å². The van der Waals surface area contributed by atoms with Gasteiger partial charge in [-0.25, -0.2) is 14.1 Å². The van der Waals surface area contributed by atoms with E-state index in [1.165, 1.54) is 34.8 Å². The predicted molar refractivity (Wildman–Crippen MR) is 146 cm³/mol. The van der Waals surface area contributed by atoms with Crippen molar-refractivity contribution in [3.63, 3.8) is 0 Å². The van der Waals surface area contributed by atoms with E-state index in [-0.39, 0.29) is 11.7 Å². The minimum Gasteiger partial charge on any atom is -0.267 e. The fraction of sp³-hybridized carbons (Fsp3) is 0.107. The summed E-state index contributed by atoms with van der Waals surface area (Å²) in [7, 11) is 0. The average molecular weight is 513 g/mol. The number of benzene rings is 3. The number of thiazole rings is 1. The second-order valence-corrected chi connectivity index (χ2v) is 10.7. The zero-order chi connectivity index (χ0) is 25.0. The second-order valence-electron chi connectivity index (χ2n) is 8.65. The van der Waals surface area contributed by atoms with Gasteiger partial charge in [-0.05, 0) is 74.4 Å². The van der Waals surface area contributed by atoms with E-state index < -0.39 is 0 Å². The van der Waals surface area contributed by atoms with E-state index in [1.54, 1.807) is 21.7 Å². The van der Waals surface area contributed by atoms with Gasteiger partial charge in [0.1, 0.15) is 10.6 Å². The molecular formula is C28H21FN4OS2. The Balaban J connectivity index is 1.52. The van der Waals surface area contributed by atoms with E-state index in [1.807, 2.05) is 69.3 Å². The molecule has 1 amide bonds. The molecule has 0 unspecified atom stereocenters. The monoisotopic (exact) mass is 512 g/mol. The van der Waals surface area contributed by atoms with E-state index >= 15 is 0 Å². The molecule has 6 aromatic rings. The normalized spacial score (nSPS) is 11.4. The van der Waals surface area contributed by atoms with Gasteiger partial charge in [-0.15, -0.1) is 11.3 Å². The molecule has 0 N–H and O–H groups in total. The van der Waals surface area contributed by atoms with Crippen molar-refractivity contribution >= 4 is 59.8 Å². The van der Waals surface area contributed by atoms with Crippen LogP contribution in [0.5, 0.6) is 0 Å². The van der Waals surface area contributed by atoms with Gasteiger partial charge in [0.15, 0.2) is 5.13 Å². The van der Waals surface area contributed by atoms with Gasteiger partial charge in [0.05, 0.1) is 32.2 Å². The minimum absolute atomic E-state index is 0.141. The molecule has 0 aliphatic heterocycles. The zero-order valence-electron chi connectivity index (χ0n) is 19.8. The Bertz CT molecular complexity index is 1710. The lowest BCUT2D eigenvalue weighted by Gasteiger charge is -2.23. The van der Waals surface area contributed by atoms with E-state index in [0.717, 1.165) is 48.6 Å². The van der Waals surface area contributed by atoms with Crippen molar-refractivity contribution in [3.05, 3.63) is 100 Å². The highest BCUT2D eigenvalue weighted by atomic mass is 32.1. The topological polar surface area (TPSA) is 51.0 Å². The van der Waals surface area contributed by atoms with E-state index in [4.69, 9.17) is 4.98 Å². The Kier molecular flexibility index (Phi) is 5.43. The Hall–Kier alpha value is -3.88. The van der Waals surface area contributed by atoms with E-state index in [0.29, 0.717) is 10.0 Å². The van der Waals surface area contributed by atoms with Crippen molar-refractivity contribution in [3.8, 4) is 5.69 Å². The summed E-state index contributed by atoms with van der Waals surface area (Å²) < 4.78 is 16.3. The van der Waals surface area contributed by atoms with Crippen LogP contribution in [-0.4, -0.2) is 20.7 Å². The van der Waals surface area contributed by atoms with Gasteiger partial charge in [0.2, 0.25) is 0 Å². The maximum atomic E-state index is 14.2. The van der Waals surface area contributed by atoms with Crippen molar-refractivity contribution in [2.45, 2.75) is 20.8 Å². The number of rotatable bonds is 4. The molecule has 0 bridgehead atoms. The van der Waals surface area contributed by atoms with E-state index in [2.05, 4.69) is 5.10 Å². The zero-order valence-corrected chi connectivity index (χ0v) is 21.5. The van der Waals surface area contributed by atoms with Crippen LogP contribution in [0.15, 0.2) is 72.8 Å². The Labute approximate surface area is 215 Å². The first-order valence-corrected chi connectivity index (χ1v) is 13.1. The highest BCUT2D eigenvalue weighted by Crippen LogP contribution is 2.40. The first-order chi connectivity index (χ1) is 17.4. The fourth-order valence-corrected chi connectivity index (χ4v) is 6.50. The number of hydrogen-bond acceptors (Lipinski definition) is 5. The molecule has 3 aromatic heterocycles. The molecule has 6 rings (SSSR count). The van der Waals surface area contributed by atoms with Crippen LogP contribution in [0.1, 0.15) is 26.5 Å².